The highest BCUT2D eigenvalue weighted by Crippen LogP contribution is 2.32. The van der Waals surface area contributed by atoms with E-state index in [0.29, 0.717) is 43.5 Å². The number of rotatable bonds is 4. The molecular weight excluding hydrogens is 459 g/mol. The van der Waals surface area contributed by atoms with E-state index in [2.05, 4.69) is 10.1 Å². The fourth-order valence-electron chi connectivity index (χ4n) is 4.10. The topological polar surface area (TPSA) is 67.4 Å². The Morgan fingerprint density at radius 3 is 2.37 bits per heavy atom. The van der Waals surface area contributed by atoms with Gasteiger partial charge in [0.05, 0.1) is 17.5 Å². The Morgan fingerprint density at radius 2 is 1.69 bits per heavy atom. The van der Waals surface area contributed by atoms with E-state index in [1.165, 1.54) is 12.3 Å². The summed E-state index contributed by atoms with van der Waals surface area (Å²) < 4.78 is 46.3. The number of halogens is 3. The van der Waals surface area contributed by atoms with Crippen LogP contribution in [0.4, 0.5) is 18.9 Å². The van der Waals surface area contributed by atoms with Crippen LogP contribution in [-0.2, 0) is 6.18 Å². The number of hydrogen-bond acceptors (Lipinski definition) is 5. The Hall–Kier alpha value is -4.08. The largest absolute Gasteiger partial charge is 0.461 e. The number of benzene rings is 2. The minimum atomic E-state index is -4.40. The fraction of sp³-hybridized carbons (Fsp3) is 0.240. The van der Waals surface area contributed by atoms with Crippen LogP contribution in [0.1, 0.15) is 21.7 Å². The number of carbonyl (C=O) groups is 1. The Kier molecular flexibility index (Phi) is 5.80. The summed E-state index contributed by atoms with van der Waals surface area (Å²) in [6.45, 7) is 3.44. The SMILES string of the molecule is Cc1cccc(-n2nc(C(=O)N3CCN(c4cccc(C(F)(F)F)c4)CC3)nc2-c2ccco2)c1. The third kappa shape index (κ3) is 4.64. The van der Waals surface area contributed by atoms with Gasteiger partial charge < -0.3 is 14.2 Å². The zero-order valence-electron chi connectivity index (χ0n) is 18.9. The first-order chi connectivity index (χ1) is 16.8. The van der Waals surface area contributed by atoms with Gasteiger partial charge in [0.15, 0.2) is 11.6 Å². The van der Waals surface area contributed by atoms with Gasteiger partial charge in [-0.3, -0.25) is 4.79 Å². The zero-order chi connectivity index (χ0) is 24.6. The van der Waals surface area contributed by atoms with Crippen molar-refractivity contribution in [2.24, 2.45) is 0 Å². The van der Waals surface area contributed by atoms with Crippen molar-refractivity contribution in [3.05, 3.63) is 83.9 Å². The molecule has 0 spiro atoms. The summed E-state index contributed by atoms with van der Waals surface area (Å²) in [5.74, 6) is 0.581. The quantitative estimate of drug-likeness (QED) is 0.418. The predicted octanol–water partition coefficient (Wildman–Crippen LogP) is 4.82. The van der Waals surface area contributed by atoms with E-state index in [4.69, 9.17) is 4.42 Å². The first-order valence-corrected chi connectivity index (χ1v) is 11.1. The van der Waals surface area contributed by atoms with E-state index < -0.39 is 11.7 Å². The number of alkyl halides is 3. The van der Waals surface area contributed by atoms with Gasteiger partial charge >= 0.3 is 6.18 Å². The lowest BCUT2D eigenvalue weighted by molar-refractivity contribution is -0.137. The molecule has 4 aromatic rings. The Labute approximate surface area is 199 Å². The Morgan fingerprint density at radius 1 is 0.943 bits per heavy atom. The van der Waals surface area contributed by atoms with Crippen LogP contribution in [0.25, 0.3) is 17.3 Å². The maximum Gasteiger partial charge on any atom is 0.416 e. The Balaban J connectivity index is 1.36. The van der Waals surface area contributed by atoms with Crippen LogP contribution in [0.15, 0.2) is 71.3 Å². The molecule has 35 heavy (non-hydrogen) atoms. The molecule has 1 fully saturated rings. The molecule has 1 amide bonds. The molecule has 1 saturated heterocycles. The van der Waals surface area contributed by atoms with Crippen molar-refractivity contribution in [3.63, 3.8) is 0 Å². The third-order valence-corrected chi connectivity index (χ3v) is 5.89. The summed E-state index contributed by atoms with van der Waals surface area (Å²) in [6, 6.07) is 16.4. The molecule has 7 nitrogen and oxygen atoms in total. The van der Waals surface area contributed by atoms with Gasteiger partial charge in [-0.1, -0.05) is 18.2 Å². The first kappa shape index (κ1) is 22.7. The van der Waals surface area contributed by atoms with E-state index in [1.807, 2.05) is 36.1 Å². The number of amides is 1. The molecule has 0 aliphatic carbocycles. The fourth-order valence-corrected chi connectivity index (χ4v) is 4.10. The van der Waals surface area contributed by atoms with E-state index in [-0.39, 0.29) is 11.7 Å². The third-order valence-electron chi connectivity index (χ3n) is 5.89. The van der Waals surface area contributed by atoms with Crippen molar-refractivity contribution >= 4 is 11.6 Å². The van der Waals surface area contributed by atoms with Gasteiger partial charge in [-0.2, -0.15) is 18.2 Å². The second-order valence-electron chi connectivity index (χ2n) is 8.31. The van der Waals surface area contributed by atoms with Crippen molar-refractivity contribution < 1.29 is 22.4 Å². The molecule has 5 rings (SSSR count). The standard InChI is InChI=1S/C25H22F3N5O2/c1-17-5-2-8-20(15-17)33-23(21-9-4-14-35-21)29-22(30-33)24(34)32-12-10-31(11-13-32)19-7-3-6-18(16-19)25(26,27)28/h2-9,14-16H,10-13H2,1H3. The lowest BCUT2D eigenvalue weighted by Gasteiger charge is -2.35. The van der Waals surface area contributed by atoms with Gasteiger partial charge in [-0.15, -0.1) is 5.10 Å². The first-order valence-electron chi connectivity index (χ1n) is 11.1. The van der Waals surface area contributed by atoms with E-state index in [1.54, 1.807) is 27.8 Å². The summed E-state index contributed by atoms with van der Waals surface area (Å²) in [7, 11) is 0. The smallest absolute Gasteiger partial charge is 0.416 e. The second-order valence-corrected chi connectivity index (χ2v) is 8.31. The molecule has 0 radical (unpaired) electrons. The van der Waals surface area contributed by atoms with Crippen molar-refractivity contribution in [2.45, 2.75) is 13.1 Å². The van der Waals surface area contributed by atoms with Gasteiger partial charge in [0, 0.05) is 31.9 Å². The van der Waals surface area contributed by atoms with E-state index in [9.17, 15) is 18.0 Å². The zero-order valence-corrected chi connectivity index (χ0v) is 18.9. The minimum absolute atomic E-state index is 0.0328. The summed E-state index contributed by atoms with van der Waals surface area (Å²) in [5, 5.41) is 4.48. The monoisotopic (exact) mass is 481 g/mol. The molecule has 2 aromatic carbocycles. The number of furan rings is 1. The predicted molar refractivity (Wildman–Crippen MR) is 123 cm³/mol. The molecule has 0 saturated carbocycles. The number of piperazine rings is 1. The maximum atomic E-state index is 13.3. The summed E-state index contributed by atoms with van der Waals surface area (Å²) >= 11 is 0. The molecule has 0 N–H and O–H groups in total. The molecule has 1 aliphatic rings. The van der Waals surface area contributed by atoms with Gasteiger partial charge in [-0.25, -0.2) is 4.68 Å². The van der Waals surface area contributed by atoms with Crippen molar-refractivity contribution in [2.75, 3.05) is 31.1 Å². The van der Waals surface area contributed by atoms with Crippen LogP contribution >= 0.6 is 0 Å². The molecule has 3 heterocycles. The van der Waals surface area contributed by atoms with Crippen LogP contribution in [0.5, 0.6) is 0 Å². The van der Waals surface area contributed by atoms with Gasteiger partial charge in [-0.05, 0) is 55.0 Å². The van der Waals surface area contributed by atoms with Crippen molar-refractivity contribution in [1.29, 1.82) is 0 Å². The molecule has 180 valence electrons. The molecule has 10 heteroatoms. The summed E-state index contributed by atoms with van der Waals surface area (Å²) in [6.07, 6.45) is -2.87. The molecular formula is C25H22F3N5O2. The summed E-state index contributed by atoms with van der Waals surface area (Å²) in [4.78, 5) is 21.2. The van der Waals surface area contributed by atoms with Crippen molar-refractivity contribution in [3.8, 4) is 17.3 Å². The van der Waals surface area contributed by atoms with Crippen LogP contribution in [0.3, 0.4) is 0 Å². The highest BCUT2D eigenvalue weighted by atomic mass is 19.4. The van der Waals surface area contributed by atoms with Gasteiger partial charge in [0.2, 0.25) is 5.82 Å². The van der Waals surface area contributed by atoms with Crippen LogP contribution in [0, 0.1) is 6.92 Å². The number of anilines is 1. The number of aryl methyl sites for hydroxylation is 1. The number of hydrogen-bond donors (Lipinski definition) is 0. The molecule has 0 bridgehead atoms. The van der Waals surface area contributed by atoms with Crippen LogP contribution < -0.4 is 4.90 Å². The number of aromatic nitrogens is 3. The summed E-state index contributed by atoms with van der Waals surface area (Å²) in [5.41, 5.74) is 1.57. The van der Waals surface area contributed by atoms with Gasteiger partial charge in [0.1, 0.15) is 0 Å². The number of carbonyl (C=O) groups excluding carboxylic acids is 1. The molecule has 2 aromatic heterocycles. The maximum absolute atomic E-state index is 13.3. The minimum Gasteiger partial charge on any atom is -0.461 e. The lowest BCUT2D eigenvalue weighted by Crippen LogP contribution is -2.49. The Bertz CT molecular complexity index is 1340. The van der Waals surface area contributed by atoms with Crippen LogP contribution in [-0.4, -0.2) is 51.8 Å². The molecule has 0 unspecified atom stereocenters. The van der Waals surface area contributed by atoms with Crippen molar-refractivity contribution in [1.82, 2.24) is 19.7 Å². The molecule has 1 aliphatic heterocycles. The highest BCUT2D eigenvalue weighted by Gasteiger charge is 2.32. The van der Waals surface area contributed by atoms with Gasteiger partial charge in [0.25, 0.3) is 5.91 Å². The number of nitrogens with zero attached hydrogens (tertiary/aromatic N) is 5. The van der Waals surface area contributed by atoms with E-state index in [0.717, 1.165) is 23.4 Å². The lowest BCUT2D eigenvalue weighted by atomic mass is 10.1. The average Bonchev–Trinajstić information content (AvgIpc) is 3.54. The average molecular weight is 481 g/mol. The highest BCUT2D eigenvalue weighted by molar-refractivity contribution is 5.91. The van der Waals surface area contributed by atoms with E-state index >= 15 is 0 Å². The normalized spacial score (nSPS) is 14.4. The van der Waals surface area contributed by atoms with Crippen LogP contribution in [0.2, 0.25) is 0 Å². The second kappa shape index (κ2) is 8.94. The molecule has 0 atom stereocenters.